The van der Waals surface area contributed by atoms with Crippen molar-refractivity contribution in [2.24, 2.45) is 0 Å². The normalized spacial score (nSPS) is 10.5. The number of hydrogen-bond acceptors (Lipinski definition) is 2. The fourth-order valence-corrected chi connectivity index (χ4v) is 1.97. The van der Waals surface area contributed by atoms with Crippen molar-refractivity contribution in [2.75, 3.05) is 6.54 Å². The molecule has 2 aromatic rings. The summed E-state index contributed by atoms with van der Waals surface area (Å²) in [5, 5.41) is 3.93. The van der Waals surface area contributed by atoms with E-state index in [1.54, 1.807) is 0 Å². The maximum atomic E-state index is 6.16. The van der Waals surface area contributed by atoms with Crippen LogP contribution in [0.4, 0.5) is 0 Å². The third-order valence-corrected chi connectivity index (χ3v) is 3.16. The Kier molecular flexibility index (Phi) is 4.83. The van der Waals surface area contributed by atoms with E-state index in [9.17, 15) is 0 Å². The first-order valence-corrected chi connectivity index (χ1v) is 6.81. The zero-order valence-corrected chi connectivity index (χ0v) is 12.0. The van der Waals surface area contributed by atoms with Crippen LogP contribution in [0.2, 0.25) is 5.02 Å². The number of benzene rings is 2. The van der Waals surface area contributed by atoms with Crippen molar-refractivity contribution >= 4 is 11.6 Å². The molecule has 2 aromatic carbocycles. The minimum atomic E-state index is 0.629. The van der Waals surface area contributed by atoms with Gasteiger partial charge in [-0.3, -0.25) is 0 Å². The Morgan fingerprint density at radius 1 is 1.11 bits per heavy atom. The average Bonchev–Trinajstić information content (AvgIpc) is 2.42. The van der Waals surface area contributed by atoms with Gasteiger partial charge in [-0.25, -0.2) is 0 Å². The van der Waals surface area contributed by atoms with Crippen LogP contribution in [-0.4, -0.2) is 6.54 Å². The summed E-state index contributed by atoms with van der Waals surface area (Å²) >= 11 is 6.16. The first kappa shape index (κ1) is 13.9. The maximum Gasteiger partial charge on any atom is 0.146 e. The van der Waals surface area contributed by atoms with Crippen molar-refractivity contribution in [1.29, 1.82) is 0 Å². The summed E-state index contributed by atoms with van der Waals surface area (Å²) in [5.74, 6) is 1.54. The summed E-state index contributed by atoms with van der Waals surface area (Å²) in [6.07, 6.45) is 0. The Balaban J connectivity index is 2.25. The smallest absolute Gasteiger partial charge is 0.146 e. The second kappa shape index (κ2) is 6.60. The van der Waals surface area contributed by atoms with E-state index in [0.717, 1.165) is 30.0 Å². The predicted molar refractivity (Wildman–Crippen MR) is 80.1 cm³/mol. The van der Waals surface area contributed by atoms with E-state index in [-0.39, 0.29) is 0 Å². The molecule has 0 bridgehead atoms. The molecule has 0 saturated heterocycles. The van der Waals surface area contributed by atoms with Gasteiger partial charge in [0.2, 0.25) is 0 Å². The van der Waals surface area contributed by atoms with Crippen LogP contribution in [-0.2, 0) is 6.54 Å². The maximum absolute atomic E-state index is 6.16. The number of halogens is 1. The SMILES string of the molecule is CCNCc1ccccc1Oc1cc(C)ccc1Cl. The number of para-hydroxylation sites is 1. The molecule has 2 nitrogen and oxygen atoms in total. The number of rotatable bonds is 5. The summed E-state index contributed by atoms with van der Waals surface area (Å²) in [6.45, 7) is 5.82. The van der Waals surface area contributed by atoms with E-state index in [4.69, 9.17) is 16.3 Å². The van der Waals surface area contributed by atoms with Crippen molar-refractivity contribution in [3.8, 4) is 11.5 Å². The highest BCUT2D eigenvalue weighted by atomic mass is 35.5. The summed E-state index contributed by atoms with van der Waals surface area (Å²) in [6, 6.07) is 13.8. The van der Waals surface area contributed by atoms with Gasteiger partial charge in [0.15, 0.2) is 0 Å². The fraction of sp³-hybridized carbons (Fsp3) is 0.250. The largest absolute Gasteiger partial charge is 0.455 e. The Bertz CT molecular complexity index is 554. The van der Waals surface area contributed by atoms with E-state index in [2.05, 4.69) is 18.3 Å². The summed E-state index contributed by atoms with van der Waals surface area (Å²) < 4.78 is 5.95. The second-order valence-electron chi connectivity index (χ2n) is 4.42. The first-order valence-electron chi connectivity index (χ1n) is 6.43. The summed E-state index contributed by atoms with van der Waals surface area (Å²) in [4.78, 5) is 0. The Morgan fingerprint density at radius 3 is 2.68 bits per heavy atom. The molecule has 19 heavy (non-hydrogen) atoms. The lowest BCUT2D eigenvalue weighted by molar-refractivity contribution is 0.473. The highest BCUT2D eigenvalue weighted by molar-refractivity contribution is 6.32. The van der Waals surface area contributed by atoms with E-state index >= 15 is 0 Å². The van der Waals surface area contributed by atoms with Gasteiger partial charge in [0.1, 0.15) is 11.5 Å². The lowest BCUT2D eigenvalue weighted by atomic mass is 10.2. The number of hydrogen-bond donors (Lipinski definition) is 1. The molecule has 0 fully saturated rings. The monoisotopic (exact) mass is 275 g/mol. The van der Waals surface area contributed by atoms with Crippen molar-refractivity contribution in [3.63, 3.8) is 0 Å². The lowest BCUT2D eigenvalue weighted by Crippen LogP contribution is -2.12. The van der Waals surface area contributed by atoms with Gasteiger partial charge in [0.25, 0.3) is 0 Å². The van der Waals surface area contributed by atoms with Crippen molar-refractivity contribution in [1.82, 2.24) is 5.32 Å². The minimum absolute atomic E-state index is 0.629. The van der Waals surface area contributed by atoms with E-state index in [0.29, 0.717) is 10.8 Å². The van der Waals surface area contributed by atoms with Crippen LogP contribution in [0.5, 0.6) is 11.5 Å². The van der Waals surface area contributed by atoms with Crippen molar-refractivity contribution in [3.05, 3.63) is 58.6 Å². The molecule has 0 aliphatic carbocycles. The van der Waals surface area contributed by atoms with Crippen LogP contribution >= 0.6 is 11.6 Å². The molecule has 0 saturated carbocycles. The molecule has 0 aliphatic heterocycles. The van der Waals surface area contributed by atoms with Gasteiger partial charge in [-0.1, -0.05) is 42.8 Å². The van der Waals surface area contributed by atoms with Crippen molar-refractivity contribution < 1.29 is 4.74 Å². The fourth-order valence-electron chi connectivity index (χ4n) is 1.82. The number of nitrogens with one attached hydrogen (secondary N) is 1. The Labute approximate surface area is 119 Å². The molecule has 0 unspecified atom stereocenters. The van der Waals surface area contributed by atoms with Gasteiger partial charge < -0.3 is 10.1 Å². The first-order chi connectivity index (χ1) is 9.20. The average molecular weight is 276 g/mol. The highest BCUT2D eigenvalue weighted by Crippen LogP contribution is 2.31. The van der Waals surface area contributed by atoms with Crippen LogP contribution in [0, 0.1) is 6.92 Å². The van der Waals surface area contributed by atoms with Gasteiger partial charge in [-0.2, -0.15) is 0 Å². The summed E-state index contributed by atoms with van der Waals surface area (Å²) in [7, 11) is 0. The van der Waals surface area contributed by atoms with Crippen LogP contribution in [0.1, 0.15) is 18.1 Å². The zero-order valence-electron chi connectivity index (χ0n) is 11.2. The van der Waals surface area contributed by atoms with Crippen LogP contribution < -0.4 is 10.1 Å². The zero-order chi connectivity index (χ0) is 13.7. The molecule has 0 heterocycles. The molecule has 0 aromatic heterocycles. The van der Waals surface area contributed by atoms with Crippen LogP contribution in [0.15, 0.2) is 42.5 Å². The topological polar surface area (TPSA) is 21.3 Å². The quantitative estimate of drug-likeness (QED) is 0.864. The molecule has 0 aliphatic rings. The molecule has 0 spiro atoms. The standard InChI is InChI=1S/C16H18ClNO/c1-3-18-11-13-6-4-5-7-15(13)19-16-10-12(2)8-9-14(16)17/h4-10,18H,3,11H2,1-2H3. The molecule has 0 amide bonds. The van der Waals surface area contributed by atoms with Crippen LogP contribution in [0.3, 0.4) is 0 Å². The van der Waals surface area contributed by atoms with Gasteiger partial charge in [0, 0.05) is 12.1 Å². The minimum Gasteiger partial charge on any atom is -0.455 e. The lowest BCUT2D eigenvalue weighted by Gasteiger charge is -2.13. The third-order valence-electron chi connectivity index (χ3n) is 2.84. The molecular weight excluding hydrogens is 258 g/mol. The highest BCUT2D eigenvalue weighted by Gasteiger charge is 2.07. The predicted octanol–water partition coefficient (Wildman–Crippen LogP) is 4.55. The molecule has 0 atom stereocenters. The van der Waals surface area contributed by atoms with Gasteiger partial charge in [-0.05, 0) is 37.2 Å². The van der Waals surface area contributed by atoms with Crippen LogP contribution in [0.25, 0.3) is 0 Å². The molecular formula is C16H18ClNO. The molecule has 0 radical (unpaired) electrons. The van der Waals surface area contributed by atoms with Crippen molar-refractivity contribution in [2.45, 2.75) is 20.4 Å². The van der Waals surface area contributed by atoms with Gasteiger partial charge >= 0.3 is 0 Å². The van der Waals surface area contributed by atoms with E-state index in [1.165, 1.54) is 0 Å². The Hall–Kier alpha value is -1.51. The molecule has 100 valence electrons. The molecule has 3 heteroatoms. The van der Waals surface area contributed by atoms with Gasteiger partial charge in [0.05, 0.1) is 5.02 Å². The summed E-state index contributed by atoms with van der Waals surface area (Å²) in [5.41, 5.74) is 2.26. The van der Waals surface area contributed by atoms with Gasteiger partial charge in [-0.15, -0.1) is 0 Å². The molecule has 2 rings (SSSR count). The molecule has 1 N–H and O–H groups in total. The third kappa shape index (κ3) is 3.72. The number of ether oxygens (including phenoxy) is 1. The van der Waals surface area contributed by atoms with E-state index in [1.807, 2.05) is 43.3 Å². The number of aryl methyl sites for hydroxylation is 1. The van der Waals surface area contributed by atoms with E-state index < -0.39 is 0 Å². The Morgan fingerprint density at radius 2 is 1.89 bits per heavy atom. The second-order valence-corrected chi connectivity index (χ2v) is 4.83.